The van der Waals surface area contributed by atoms with Crippen LogP contribution < -0.4 is 10.6 Å². The highest BCUT2D eigenvalue weighted by molar-refractivity contribution is 7.98. The minimum atomic E-state index is -0.545. The topological polar surface area (TPSA) is 71.3 Å². The Balaban J connectivity index is 2.66. The van der Waals surface area contributed by atoms with Crippen LogP contribution in [0.2, 0.25) is 0 Å². The van der Waals surface area contributed by atoms with E-state index in [1.165, 1.54) is 6.26 Å². The maximum Gasteiger partial charge on any atom is 0.287 e. The minimum Gasteiger partial charge on any atom is -0.459 e. The number of hydrogen-bond donors (Lipinski definition) is 2. The molecule has 118 valence electrons. The van der Waals surface area contributed by atoms with Gasteiger partial charge in [-0.1, -0.05) is 13.8 Å². The van der Waals surface area contributed by atoms with Crippen LogP contribution in [0.1, 0.15) is 37.7 Å². The molecule has 2 atom stereocenters. The zero-order valence-electron chi connectivity index (χ0n) is 13.0. The molecule has 2 unspecified atom stereocenters. The lowest BCUT2D eigenvalue weighted by Gasteiger charge is -2.22. The van der Waals surface area contributed by atoms with Crippen LogP contribution in [-0.4, -0.2) is 35.9 Å². The van der Waals surface area contributed by atoms with Gasteiger partial charge >= 0.3 is 0 Å². The fourth-order valence-corrected chi connectivity index (χ4v) is 2.10. The second-order valence-electron chi connectivity index (χ2n) is 5.33. The van der Waals surface area contributed by atoms with Crippen molar-refractivity contribution in [2.75, 3.05) is 12.0 Å². The molecule has 0 aliphatic carbocycles. The van der Waals surface area contributed by atoms with Gasteiger partial charge < -0.3 is 15.1 Å². The van der Waals surface area contributed by atoms with Crippen LogP contribution in [0.15, 0.2) is 22.8 Å². The lowest BCUT2D eigenvalue weighted by molar-refractivity contribution is -0.123. The minimum absolute atomic E-state index is 0.0646. The standard InChI is InChI=1S/C15H24N2O3S/c1-10(2)11(3)16-14(18)12(7-9-21-4)17-15(19)13-6-5-8-20-13/h5-6,8,10-12H,7,9H2,1-4H3,(H,16,18)(H,17,19). The molecule has 2 N–H and O–H groups in total. The van der Waals surface area contributed by atoms with Gasteiger partial charge in [0.05, 0.1) is 6.26 Å². The molecule has 21 heavy (non-hydrogen) atoms. The molecule has 0 spiro atoms. The Kier molecular flexibility index (Phi) is 7.36. The summed E-state index contributed by atoms with van der Waals surface area (Å²) in [4.78, 5) is 24.3. The molecule has 0 fully saturated rings. The van der Waals surface area contributed by atoms with E-state index in [0.717, 1.165) is 5.75 Å². The smallest absolute Gasteiger partial charge is 0.287 e. The molecular formula is C15H24N2O3S. The van der Waals surface area contributed by atoms with Crippen LogP contribution in [0.4, 0.5) is 0 Å². The van der Waals surface area contributed by atoms with E-state index in [1.54, 1.807) is 23.9 Å². The molecule has 6 heteroatoms. The monoisotopic (exact) mass is 312 g/mol. The normalized spacial score (nSPS) is 13.8. The Morgan fingerprint density at radius 1 is 1.29 bits per heavy atom. The Labute approximate surface area is 130 Å². The third-order valence-corrected chi connectivity index (χ3v) is 3.99. The largest absolute Gasteiger partial charge is 0.459 e. The third-order valence-electron chi connectivity index (χ3n) is 3.35. The first-order valence-electron chi connectivity index (χ1n) is 7.09. The van der Waals surface area contributed by atoms with Crippen LogP contribution >= 0.6 is 11.8 Å². The van der Waals surface area contributed by atoms with Crippen LogP contribution in [0.25, 0.3) is 0 Å². The maximum absolute atomic E-state index is 12.3. The van der Waals surface area contributed by atoms with E-state index in [9.17, 15) is 9.59 Å². The average Bonchev–Trinajstić information content (AvgIpc) is 2.96. The highest BCUT2D eigenvalue weighted by Gasteiger charge is 2.23. The highest BCUT2D eigenvalue weighted by Crippen LogP contribution is 2.06. The summed E-state index contributed by atoms with van der Waals surface area (Å²) >= 11 is 1.64. The summed E-state index contributed by atoms with van der Waals surface area (Å²) in [7, 11) is 0. The molecule has 1 aromatic rings. The van der Waals surface area contributed by atoms with Crippen LogP contribution in [-0.2, 0) is 4.79 Å². The Morgan fingerprint density at radius 3 is 2.52 bits per heavy atom. The van der Waals surface area contributed by atoms with E-state index in [4.69, 9.17) is 4.42 Å². The van der Waals surface area contributed by atoms with Gasteiger partial charge in [0.1, 0.15) is 6.04 Å². The summed E-state index contributed by atoms with van der Waals surface area (Å²) in [6, 6.07) is 2.74. The summed E-state index contributed by atoms with van der Waals surface area (Å²) in [6.45, 7) is 6.05. The van der Waals surface area contributed by atoms with Crippen molar-refractivity contribution in [1.82, 2.24) is 10.6 Å². The maximum atomic E-state index is 12.3. The van der Waals surface area contributed by atoms with Crippen molar-refractivity contribution in [3.05, 3.63) is 24.2 Å². The van der Waals surface area contributed by atoms with Crippen LogP contribution in [0.3, 0.4) is 0 Å². The molecule has 0 saturated carbocycles. The van der Waals surface area contributed by atoms with Crippen molar-refractivity contribution >= 4 is 23.6 Å². The molecule has 0 saturated heterocycles. The Hall–Kier alpha value is -1.43. The molecule has 0 aromatic carbocycles. The van der Waals surface area contributed by atoms with Gasteiger partial charge in [-0.15, -0.1) is 0 Å². The number of rotatable bonds is 8. The van der Waals surface area contributed by atoms with Gasteiger partial charge in [-0.2, -0.15) is 11.8 Å². The first-order valence-corrected chi connectivity index (χ1v) is 8.48. The van der Waals surface area contributed by atoms with Gasteiger partial charge in [-0.05, 0) is 43.4 Å². The highest BCUT2D eigenvalue weighted by atomic mass is 32.2. The zero-order valence-corrected chi connectivity index (χ0v) is 13.8. The molecule has 1 heterocycles. The van der Waals surface area contributed by atoms with E-state index in [-0.39, 0.29) is 23.6 Å². The predicted molar refractivity (Wildman–Crippen MR) is 85.4 cm³/mol. The summed E-state index contributed by atoms with van der Waals surface area (Å²) < 4.78 is 5.05. The SMILES string of the molecule is CSCCC(NC(=O)c1ccco1)C(=O)NC(C)C(C)C. The van der Waals surface area contributed by atoms with Gasteiger partial charge in [-0.3, -0.25) is 9.59 Å². The molecule has 5 nitrogen and oxygen atoms in total. The van der Waals surface area contributed by atoms with Gasteiger partial charge in [-0.25, -0.2) is 0 Å². The van der Waals surface area contributed by atoms with Crippen molar-refractivity contribution in [3.8, 4) is 0 Å². The van der Waals surface area contributed by atoms with Crippen molar-refractivity contribution in [1.29, 1.82) is 0 Å². The van der Waals surface area contributed by atoms with E-state index in [2.05, 4.69) is 10.6 Å². The number of thioether (sulfide) groups is 1. The van der Waals surface area contributed by atoms with Crippen molar-refractivity contribution in [2.24, 2.45) is 5.92 Å². The molecule has 0 bridgehead atoms. The lowest BCUT2D eigenvalue weighted by Crippen LogP contribution is -2.50. The van der Waals surface area contributed by atoms with Gasteiger partial charge in [0.15, 0.2) is 5.76 Å². The molecule has 1 aromatic heterocycles. The van der Waals surface area contributed by atoms with Crippen molar-refractivity contribution in [3.63, 3.8) is 0 Å². The van der Waals surface area contributed by atoms with Gasteiger partial charge in [0, 0.05) is 6.04 Å². The Morgan fingerprint density at radius 2 is 2.00 bits per heavy atom. The zero-order chi connectivity index (χ0) is 15.8. The Bertz CT molecular complexity index is 446. The number of carbonyl (C=O) groups excluding carboxylic acids is 2. The van der Waals surface area contributed by atoms with Crippen molar-refractivity contribution < 1.29 is 14.0 Å². The summed E-state index contributed by atoms with van der Waals surface area (Å²) in [5.74, 6) is 0.848. The first kappa shape index (κ1) is 17.6. The third kappa shape index (κ3) is 5.83. The number of carbonyl (C=O) groups is 2. The van der Waals surface area contributed by atoms with E-state index >= 15 is 0 Å². The average molecular weight is 312 g/mol. The number of furan rings is 1. The number of amides is 2. The predicted octanol–water partition coefficient (Wildman–Crippen LogP) is 2.29. The second-order valence-corrected chi connectivity index (χ2v) is 6.31. The fourth-order valence-electron chi connectivity index (χ4n) is 1.63. The van der Waals surface area contributed by atoms with Gasteiger partial charge in [0.2, 0.25) is 5.91 Å². The van der Waals surface area contributed by atoms with Crippen molar-refractivity contribution in [2.45, 2.75) is 39.3 Å². The molecule has 0 aliphatic heterocycles. The number of nitrogens with one attached hydrogen (secondary N) is 2. The van der Waals surface area contributed by atoms with Crippen LogP contribution in [0.5, 0.6) is 0 Å². The van der Waals surface area contributed by atoms with E-state index < -0.39 is 6.04 Å². The molecule has 1 rings (SSSR count). The number of hydrogen-bond acceptors (Lipinski definition) is 4. The molecular weight excluding hydrogens is 288 g/mol. The fraction of sp³-hybridized carbons (Fsp3) is 0.600. The van der Waals surface area contributed by atoms with E-state index in [0.29, 0.717) is 12.3 Å². The quantitative estimate of drug-likeness (QED) is 0.772. The summed E-state index contributed by atoms with van der Waals surface area (Å²) in [6.07, 6.45) is 4.00. The molecule has 0 radical (unpaired) electrons. The van der Waals surface area contributed by atoms with Crippen LogP contribution in [0, 0.1) is 5.92 Å². The molecule has 0 aliphatic rings. The first-order chi connectivity index (χ1) is 9.95. The van der Waals surface area contributed by atoms with E-state index in [1.807, 2.05) is 27.0 Å². The second kappa shape index (κ2) is 8.77. The lowest BCUT2D eigenvalue weighted by atomic mass is 10.1. The summed E-state index contributed by atoms with van der Waals surface area (Å²) in [5.41, 5.74) is 0. The van der Waals surface area contributed by atoms with Gasteiger partial charge in [0.25, 0.3) is 5.91 Å². The molecule has 2 amide bonds. The summed E-state index contributed by atoms with van der Waals surface area (Å²) in [5, 5.41) is 5.69.